The third-order valence-electron chi connectivity index (χ3n) is 4.36. The Kier molecular flexibility index (Phi) is 4.37. The first-order chi connectivity index (χ1) is 10.3. The Hall–Kier alpha value is -1.64. The van der Waals surface area contributed by atoms with Gasteiger partial charge in [-0.1, -0.05) is 62.4 Å². The molecule has 0 saturated carbocycles. The summed E-state index contributed by atoms with van der Waals surface area (Å²) in [7, 11) is 0. The highest BCUT2D eigenvalue weighted by atomic mass is 16.5. The zero-order valence-electron chi connectivity index (χ0n) is 12.9. The van der Waals surface area contributed by atoms with Gasteiger partial charge in [0.25, 0.3) is 0 Å². The zero-order valence-corrected chi connectivity index (χ0v) is 12.9. The lowest BCUT2D eigenvalue weighted by molar-refractivity contribution is 0.0643. The number of benzene rings is 2. The molecule has 1 aliphatic rings. The smallest absolute Gasteiger partial charge is 0.109 e. The maximum absolute atomic E-state index is 6.25. The molecule has 0 atom stereocenters. The first-order valence-electron chi connectivity index (χ1n) is 7.87. The highest BCUT2D eigenvalue weighted by Gasteiger charge is 2.28. The fourth-order valence-electron chi connectivity index (χ4n) is 3.13. The van der Waals surface area contributed by atoms with Crippen molar-refractivity contribution < 1.29 is 4.74 Å². The second-order valence-corrected chi connectivity index (χ2v) is 5.45. The number of hydrogen-bond acceptors (Lipinski definition) is 2. The molecular formula is C19H23NO. The van der Waals surface area contributed by atoms with Gasteiger partial charge in [-0.15, -0.1) is 0 Å². The third kappa shape index (κ3) is 2.74. The average Bonchev–Trinajstić information content (AvgIpc) is 2.86. The Bertz CT molecular complexity index is 559. The molecule has 0 bridgehead atoms. The van der Waals surface area contributed by atoms with E-state index < -0.39 is 0 Å². The van der Waals surface area contributed by atoms with E-state index >= 15 is 0 Å². The van der Waals surface area contributed by atoms with Crippen molar-refractivity contribution in [3.8, 4) is 11.1 Å². The van der Waals surface area contributed by atoms with E-state index in [1.54, 1.807) is 0 Å². The van der Waals surface area contributed by atoms with Crippen LogP contribution in [0.1, 0.15) is 31.1 Å². The molecule has 0 N–H and O–H groups in total. The SMILES string of the molecule is CCN(CC)CCOC1c2ccccc2-c2ccccc21. The minimum Gasteiger partial charge on any atom is -0.367 e. The van der Waals surface area contributed by atoms with Gasteiger partial charge in [0, 0.05) is 6.54 Å². The highest BCUT2D eigenvalue weighted by molar-refractivity contribution is 5.77. The van der Waals surface area contributed by atoms with Crippen LogP contribution in [0.5, 0.6) is 0 Å². The molecule has 0 saturated heterocycles. The molecule has 0 fully saturated rings. The third-order valence-corrected chi connectivity index (χ3v) is 4.36. The Morgan fingerprint density at radius 1 is 0.857 bits per heavy atom. The van der Waals surface area contributed by atoms with Crippen molar-refractivity contribution in [2.24, 2.45) is 0 Å². The van der Waals surface area contributed by atoms with Gasteiger partial charge < -0.3 is 9.64 Å². The van der Waals surface area contributed by atoms with E-state index in [0.29, 0.717) is 0 Å². The second-order valence-electron chi connectivity index (χ2n) is 5.45. The molecule has 0 aliphatic heterocycles. The minimum absolute atomic E-state index is 0.0907. The number of rotatable bonds is 6. The number of likely N-dealkylation sites (N-methyl/N-ethyl adjacent to an activating group) is 1. The summed E-state index contributed by atoms with van der Waals surface area (Å²) in [6.07, 6.45) is 0.0907. The molecule has 0 spiro atoms. The lowest BCUT2D eigenvalue weighted by atomic mass is 10.1. The lowest BCUT2D eigenvalue weighted by Gasteiger charge is -2.20. The predicted octanol–water partition coefficient (Wildman–Crippen LogP) is 4.11. The Morgan fingerprint density at radius 2 is 1.38 bits per heavy atom. The number of fused-ring (bicyclic) bond motifs is 3. The predicted molar refractivity (Wildman–Crippen MR) is 87.5 cm³/mol. The molecule has 1 aliphatic carbocycles. The standard InChI is InChI=1S/C19H23NO/c1-3-20(4-2)13-14-21-19-17-11-7-5-9-15(17)16-10-6-8-12-18(16)19/h5-12,19H,3-4,13-14H2,1-2H3. The molecule has 2 aromatic rings. The second kappa shape index (κ2) is 6.42. The van der Waals surface area contributed by atoms with Crippen LogP contribution in [0.2, 0.25) is 0 Å². The molecule has 110 valence electrons. The normalized spacial score (nSPS) is 13.5. The van der Waals surface area contributed by atoms with Crippen LogP contribution < -0.4 is 0 Å². The molecule has 2 aromatic carbocycles. The van der Waals surface area contributed by atoms with Crippen molar-refractivity contribution in [1.82, 2.24) is 4.90 Å². The fraction of sp³-hybridized carbons (Fsp3) is 0.368. The number of hydrogen-bond donors (Lipinski definition) is 0. The van der Waals surface area contributed by atoms with Gasteiger partial charge in [-0.25, -0.2) is 0 Å². The van der Waals surface area contributed by atoms with Crippen LogP contribution >= 0.6 is 0 Å². The van der Waals surface area contributed by atoms with Gasteiger partial charge in [0.2, 0.25) is 0 Å². The molecule has 21 heavy (non-hydrogen) atoms. The average molecular weight is 281 g/mol. The van der Waals surface area contributed by atoms with Crippen molar-refractivity contribution in [2.45, 2.75) is 20.0 Å². The van der Waals surface area contributed by atoms with Crippen molar-refractivity contribution >= 4 is 0 Å². The first kappa shape index (κ1) is 14.3. The number of ether oxygens (including phenoxy) is 1. The topological polar surface area (TPSA) is 12.5 Å². The summed E-state index contributed by atoms with van der Waals surface area (Å²) in [4.78, 5) is 2.40. The van der Waals surface area contributed by atoms with Crippen LogP contribution in [-0.2, 0) is 4.74 Å². The molecule has 0 aromatic heterocycles. The molecule has 0 radical (unpaired) electrons. The molecule has 2 heteroatoms. The van der Waals surface area contributed by atoms with Crippen LogP contribution in [0.4, 0.5) is 0 Å². The fourth-order valence-corrected chi connectivity index (χ4v) is 3.13. The van der Waals surface area contributed by atoms with Gasteiger partial charge >= 0.3 is 0 Å². The van der Waals surface area contributed by atoms with Gasteiger partial charge in [-0.3, -0.25) is 0 Å². The van der Waals surface area contributed by atoms with Crippen LogP contribution in [0.25, 0.3) is 11.1 Å². The zero-order chi connectivity index (χ0) is 14.7. The Labute approximate surface area is 127 Å². The largest absolute Gasteiger partial charge is 0.367 e. The summed E-state index contributed by atoms with van der Waals surface area (Å²) in [5, 5.41) is 0. The Morgan fingerprint density at radius 3 is 1.90 bits per heavy atom. The van der Waals surface area contributed by atoms with E-state index in [9.17, 15) is 0 Å². The number of nitrogens with zero attached hydrogens (tertiary/aromatic N) is 1. The van der Waals surface area contributed by atoms with E-state index in [1.165, 1.54) is 22.3 Å². The van der Waals surface area contributed by atoms with Crippen LogP contribution in [-0.4, -0.2) is 31.1 Å². The van der Waals surface area contributed by atoms with E-state index in [-0.39, 0.29) is 6.10 Å². The van der Waals surface area contributed by atoms with Crippen LogP contribution in [0, 0.1) is 0 Å². The lowest BCUT2D eigenvalue weighted by Crippen LogP contribution is -2.27. The van der Waals surface area contributed by atoms with Gasteiger partial charge in [-0.05, 0) is 35.3 Å². The maximum Gasteiger partial charge on any atom is 0.109 e. The Balaban J connectivity index is 1.79. The summed E-state index contributed by atoms with van der Waals surface area (Å²) in [6.45, 7) is 8.32. The molecule has 0 unspecified atom stereocenters. The molecule has 0 heterocycles. The minimum atomic E-state index is 0.0907. The van der Waals surface area contributed by atoms with Crippen molar-refractivity contribution in [3.05, 3.63) is 59.7 Å². The van der Waals surface area contributed by atoms with E-state index in [4.69, 9.17) is 4.74 Å². The van der Waals surface area contributed by atoms with E-state index in [0.717, 1.165) is 26.2 Å². The van der Waals surface area contributed by atoms with Crippen LogP contribution in [0.3, 0.4) is 0 Å². The van der Waals surface area contributed by atoms with Gasteiger partial charge in [0.15, 0.2) is 0 Å². The van der Waals surface area contributed by atoms with Crippen molar-refractivity contribution in [1.29, 1.82) is 0 Å². The summed E-state index contributed by atoms with van der Waals surface area (Å²) in [5.41, 5.74) is 5.25. The molecule has 2 nitrogen and oxygen atoms in total. The summed E-state index contributed by atoms with van der Waals surface area (Å²) < 4.78 is 6.25. The van der Waals surface area contributed by atoms with Gasteiger partial charge in [0.1, 0.15) is 6.10 Å². The van der Waals surface area contributed by atoms with Gasteiger partial charge in [-0.2, -0.15) is 0 Å². The highest BCUT2D eigenvalue weighted by Crippen LogP contribution is 2.44. The summed E-state index contributed by atoms with van der Waals surface area (Å²) in [6, 6.07) is 17.2. The molecule has 3 rings (SSSR count). The molecular weight excluding hydrogens is 258 g/mol. The summed E-state index contributed by atoms with van der Waals surface area (Å²) in [5.74, 6) is 0. The summed E-state index contributed by atoms with van der Waals surface area (Å²) >= 11 is 0. The van der Waals surface area contributed by atoms with Crippen molar-refractivity contribution in [2.75, 3.05) is 26.2 Å². The monoisotopic (exact) mass is 281 g/mol. The maximum atomic E-state index is 6.25. The molecule has 0 amide bonds. The first-order valence-corrected chi connectivity index (χ1v) is 7.87. The quantitative estimate of drug-likeness (QED) is 0.790. The van der Waals surface area contributed by atoms with Crippen LogP contribution in [0.15, 0.2) is 48.5 Å². The van der Waals surface area contributed by atoms with E-state index in [2.05, 4.69) is 67.3 Å². The van der Waals surface area contributed by atoms with Gasteiger partial charge in [0.05, 0.1) is 6.61 Å². The van der Waals surface area contributed by atoms with Crippen molar-refractivity contribution in [3.63, 3.8) is 0 Å². The van der Waals surface area contributed by atoms with E-state index in [1.807, 2.05) is 0 Å².